The van der Waals surface area contributed by atoms with Gasteiger partial charge in [0, 0.05) is 19.3 Å². The van der Waals surface area contributed by atoms with E-state index in [0.717, 1.165) is 31.2 Å². The topological polar surface area (TPSA) is 41.3 Å². The summed E-state index contributed by atoms with van der Waals surface area (Å²) < 4.78 is 5.37. The maximum Gasteiger partial charge on any atom is 0.128 e. The van der Waals surface area contributed by atoms with E-state index in [0.29, 0.717) is 0 Å². The molecule has 96 valence electrons. The largest absolute Gasteiger partial charge is 0.467 e. The summed E-state index contributed by atoms with van der Waals surface area (Å²) >= 11 is 0. The summed E-state index contributed by atoms with van der Waals surface area (Å²) in [4.78, 5) is 6.68. The molecule has 4 nitrogen and oxygen atoms in total. The van der Waals surface area contributed by atoms with Crippen molar-refractivity contribution >= 4 is 5.82 Å². The van der Waals surface area contributed by atoms with Crippen LogP contribution in [0.3, 0.4) is 0 Å². The predicted molar refractivity (Wildman–Crippen MR) is 72.4 cm³/mol. The molecule has 0 amide bonds. The third-order valence-corrected chi connectivity index (χ3v) is 2.82. The Hall–Kier alpha value is -1.81. The first-order valence-corrected chi connectivity index (χ1v) is 6.20. The Balaban J connectivity index is 2.07. The molecule has 0 bridgehead atoms. The molecule has 0 radical (unpaired) electrons. The van der Waals surface area contributed by atoms with Crippen LogP contribution in [0.4, 0.5) is 5.82 Å². The maximum absolute atomic E-state index is 5.37. The van der Waals surface area contributed by atoms with Crippen LogP contribution in [0.2, 0.25) is 0 Å². The molecule has 0 fully saturated rings. The van der Waals surface area contributed by atoms with Crippen molar-refractivity contribution < 1.29 is 4.42 Å². The molecule has 18 heavy (non-hydrogen) atoms. The van der Waals surface area contributed by atoms with E-state index in [1.165, 1.54) is 5.56 Å². The van der Waals surface area contributed by atoms with E-state index in [1.807, 2.05) is 25.4 Å². The Kier molecular flexibility index (Phi) is 4.36. The van der Waals surface area contributed by atoms with Crippen LogP contribution in [-0.2, 0) is 13.1 Å². The van der Waals surface area contributed by atoms with Crippen molar-refractivity contribution in [2.24, 2.45) is 0 Å². The molecule has 0 saturated carbocycles. The van der Waals surface area contributed by atoms with Crippen LogP contribution >= 0.6 is 0 Å². The Labute approximate surface area is 108 Å². The lowest BCUT2D eigenvalue weighted by molar-refractivity contribution is 0.503. The first-order valence-electron chi connectivity index (χ1n) is 6.20. The molecule has 0 unspecified atom stereocenters. The molecule has 2 aromatic rings. The van der Waals surface area contributed by atoms with E-state index in [2.05, 4.69) is 34.3 Å². The summed E-state index contributed by atoms with van der Waals surface area (Å²) in [5, 5.41) is 3.11. The van der Waals surface area contributed by atoms with Crippen LogP contribution in [0.5, 0.6) is 0 Å². The van der Waals surface area contributed by atoms with Gasteiger partial charge in [0.05, 0.1) is 12.8 Å². The number of hydrogen-bond donors (Lipinski definition) is 1. The SMILES string of the molecule is CCN(Cc1ccco1)c1ccc(CNC)cn1. The highest BCUT2D eigenvalue weighted by molar-refractivity contribution is 5.39. The van der Waals surface area contributed by atoms with Gasteiger partial charge >= 0.3 is 0 Å². The molecule has 0 aliphatic carbocycles. The monoisotopic (exact) mass is 245 g/mol. The van der Waals surface area contributed by atoms with Gasteiger partial charge in [0.15, 0.2) is 0 Å². The third kappa shape index (κ3) is 3.11. The number of pyridine rings is 1. The van der Waals surface area contributed by atoms with Crippen molar-refractivity contribution in [1.82, 2.24) is 10.3 Å². The van der Waals surface area contributed by atoms with Gasteiger partial charge in [-0.1, -0.05) is 6.07 Å². The standard InChI is InChI=1S/C14H19N3O/c1-3-17(11-13-5-4-8-18-13)14-7-6-12(9-15-2)10-16-14/h4-8,10,15H,3,9,11H2,1-2H3. The Morgan fingerprint density at radius 2 is 2.22 bits per heavy atom. The Morgan fingerprint density at radius 3 is 2.78 bits per heavy atom. The molecule has 0 aromatic carbocycles. The second-order valence-electron chi connectivity index (χ2n) is 4.15. The molecule has 0 saturated heterocycles. The lowest BCUT2D eigenvalue weighted by Crippen LogP contribution is -2.22. The lowest BCUT2D eigenvalue weighted by Gasteiger charge is -2.20. The third-order valence-electron chi connectivity index (χ3n) is 2.82. The summed E-state index contributed by atoms with van der Waals surface area (Å²) in [6, 6.07) is 8.05. The number of nitrogens with zero attached hydrogens (tertiary/aromatic N) is 2. The van der Waals surface area contributed by atoms with E-state index in [4.69, 9.17) is 4.42 Å². The summed E-state index contributed by atoms with van der Waals surface area (Å²) in [5.41, 5.74) is 1.19. The molecule has 2 rings (SSSR count). The fourth-order valence-electron chi connectivity index (χ4n) is 1.86. The van der Waals surface area contributed by atoms with Crippen LogP contribution in [0.1, 0.15) is 18.2 Å². The van der Waals surface area contributed by atoms with Crippen molar-refractivity contribution in [3.8, 4) is 0 Å². The second-order valence-corrected chi connectivity index (χ2v) is 4.15. The molecule has 0 spiro atoms. The second kappa shape index (κ2) is 6.21. The minimum absolute atomic E-state index is 0.752. The van der Waals surface area contributed by atoms with E-state index >= 15 is 0 Å². The summed E-state index contributed by atoms with van der Waals surface area (Å²) in [6.45, 7) is 4.62. The molecule has 2 heterocycles. The van der Waals surface area contributed by atoms with Crippen LogP contribution in [0.15, 0.2) is 41.1 Å². The average molecular weight is 245 g/mol. The zero-order valence-electron chi connectivity index (χ0n) is 10.9. The highest BCUT2D eigenvalue weighted by Crippen LogP contribution is 2.15. The summed E-state index contributed by atoms with van der Waals surface area (Å²) in [6.07, 6.45) is 3.61. The number of rotatable bonds is 6. The van der Waals surface area contributed by atoms with Gasteiger partial charge in [0.2, 0.25) is 0 Å². The number of furan rings is 1. The predicted octanol–water partition coefficient (Wildman–Crippen LogP) is 2.42. The number of nitrogens with one attached hydrogen (secondary N) is 1. The number of anilines is 1. The molecule has 0 aliphatic heterocycles. The average Bonchev–Trinajstić information content (AvgIpc) is 2.90. The quantitative estimate of drug-likeness (QED) is 0.848. The van der Waals surface area contributed by atoms with Crippen molar-refractivity contribution in [1.29, 1.82) is 0 Å². The van der Waals surface area contributed by atoms with E-state index in [9.17, 15) is 0 Å². The van der Waals surface area contributed by atoms with Gasteiger partial charge in [-0.2, -0.15) is 0 Å². The zero-order chi connectivity index (χ0) is 12.8. The van der Waals surface area contributed by atoms with Gasteiger partial charge in [-0.05, 0) is 37.7 Å². The molecule has 1 N–H and O–H groups in total. The van der Waals surface area contributed by atoms with Crippen LogP contribution in [-0.4, -0.2) is 18.6 Å². The fraction of sp³-hybridized carbons (Fsp3) is 0.357. The zero-order valence-corrected chi connectivity index (χ0v) is 10.9. The Bertz CT molecular complexity index is 450. The highest BCUT2D eigenvalue weighted by atomic mass is 16.3. The first kappa shape index (κ1) is 12.6. The molecular weight excluding hydrogens is 226 g/mol. The van der Waals surface area contributed by atoms with Gasteiger partial charge in [-0.25, -0.2) is 4.98 Å². The van der Waals surface area contributed by atoms with Gasteiger partial charge in [0.25, 0.3) is 0 Å². The van der Waals surface area contributed by atoms with Crippen molar-refractivity contribution in [2.45, 2.75) is 20.0 Å². The van der Waals surface area contributed by atoms with Crippen molar-refractivity contribution in [3.63, 3.8) is 0 Å². The van der Waals surface area contributed by atoms with Gasteiger partial charge < -0.3 is 14.6 Å². The smallest absolute Gasteiger partial charge is 0.128 e. The Morgan fingerprint density at radius 1 is 1.33 bits per heavy atom. The van der Waals surface area contributed by atoms with E-state index < -0.39 is 0 Å². The van der Waals surface area contributed by atoms with Crippen LogP contribution < -0.4 is 10.2 Å². The number of aromatic nitrogens is 1. The normalized spacial score (nSPS) is 10.6. The maximum atomic E-state index is 5.37. The summed E-state index contributed by atoms with van der Waals surface area (Å²) in [5.74, 6) is 1.94. The van der Waals surface area contributed by atoms with E-state index in [1.54, 1.807) is 6.26 Å². The van der Waals surface area contributed by atoms with Gasteiger partial charge in [-0.3, -0.25) is 0 Å². The highest BCUT2D eigenvalue weighted by Gasteiger charge is 2.08. The first-order chi connectivity index (χ1) is 8.83. The van der Waals surface area contributed by atoms with Crippen molar-refractivity contribution in [2.75, 3.05) is 18.5 Å². The van der Waals surface area contributed by atoms with Crippen LogP contribution in [0.25, 0.3) is 0 Å². The number of hydrogen-bond acceptors (Lipinski definition) is 4. The molecule has 2 aromatic heterocycles. The van der Waals surface area contributed by atoms with Gasteiger partial charge in [0.1, 0.15) is 11.6 Å². The summed E-state index contributed by atoms with van der Waals surface area (Å²) in [7, 11) is 1.93. The molecule has 0 aliphatic rings. The van der Waals surface area contributed by atoms with Gasteiger partial charge in [-0.15, -0.1) is 0 Å². The lowest BCUT2D eigenvalue weighted by atomic mass is 10.2. The van der Waals surface area contributed by atoms with Crippen molar-refractivity contribution in [3.05, 3.63) is 48.0 Å². The molecule has 0 atom stereocenters. The minimum atomic E-state index is 0.752. The van der Waals surface area contributed by atoms with Crippen LogP contribution in [0, 0.1) is 0 Å². The van der Waals surface area contributed by atoms with E-state index in [-0.39, 0.29) is 0 Å². The molecule has 4 heteroatoms. The fourth-order valence-corrected chi connectivity index (χ4v) is 1.86. The molecular formula is C14H19N3O. The minimum Gasteiger partial charge on any atom is -0.467 e.